The minimum Gasteiger partial charge on any atom is -1.00 e. The molecule has 2 rings (SSSR count). The van der Waals surface area contributed by atoms with Crippen LogP contribution in [0.3, 0.4) is 0 Å². The number of halogens is 2. The molecule has 0 aromatic carbocycles. The summed E-state index contributed by atoms with van der Waals surface area (Å²) in [6.45, 7) is 2.03. The largest absolute Gasteiger partial charge is 2.00 e. The molecule has 100 valence electrons. The Morgan fingerprint density at radius 3 is 1.89 bits per heavy atom. The molecule has 1 aliphatic rings. The molecule has 1 aromatic rings. The van der Waals surface area contributed by atoms with E-state index in [1.54, 1.807) is 12.1 Å². The Balaban J connectivity index is 0. The standard InChI is InChI=1S/C10H16N4O.2HI.Pb/c11-9-6-8(7-10(12)14(9)15)13-4-2-1-3-5-13;;;/h6-7H,1-5,11-12H2;2*1H;/q;;;+2/p-2. The van der Waals surface area contributed by atoms with Gasteiger partial charge in [-0.05, 0) is 19.3 Å². The van der Waals surface area contributed by atoms with Crippen LogP contribution in [0.25, 0.3) is 0 Å². The van der Waals surface area contributed by atoms with Gasteiger partial charge in [-0.2, -0.15) is 0 Å². The zero-order valence-electron chi connectivity index (χ0n) is 9.90. The fourth-order valence-corrected chi connectivity index (χ4v) is 1.95. The zero-order valence-corrected chi connectivity index (χ0v) is 18.1. The average Bonchev–Trinajstić information content (AvgIpc) is 2.26. The zero-order chi connectivity index (χ0) is 10.8. The van der Waals surface area contributed by atoms with Gasteiger partial charge < -0.3 is 69.5 Å². The van der Waals surface area contributed by atoms with E-state index in [-0.39, 0.29) is 86.9 Å². The summed E-state index contributed by atoms with van der Waals surface area (Å²) >= 11 is 0. The van der Waals surface area contributed by atoms with E-state index in [0.29, 0.717) is 4.73 Å². The molecule has 0 saturated carbocycles. The van der Waals surface area contributed by atoms with Gasteiger partial charge in [0.25, 0.3) is 0 Å². The normalized spacial score (nSPS) is 13.9. The van der Waals surface area contributed by atoms with Gasteiger partial charge in [-0.15, -0.1) is 0 Å². The first-order valence-electron chi connectivity index (χ1n) is 5.22. The number of nitrogens with zero attached hydrogens (tertiary/aromatic N) is 2. The van der Waals surface area contributed by atoms with Crippen LogP contribution in [0.15, 0.2) is 12.1 Å². The van der Waals surface area contributed by atoms with Gasteiger partial charge in [0.1, 0.15) is 0 Å². The molecule has 0 bridgehead atoms. The van der Waals surface area contributed by atoms with E-state index in [1.807, 2.05) is 0 Å². The van der Waals surface area contributed by atoms with Gasteiger partial charge in [-0.25, -0.2) is 4.73 Å². The van der Waals surface area contributed by atoms with Gasteiger partial charge in [0.2, 0.25) is 11.6 Å². The molecule has 2 radical (unpaired) electrons. The van der Waals surface area contributed by atoms with Gasteiger partial charge in [0.05, 0.1) is 0 Å². The first-order chi connectivity index (χ1) is 7.18. The molecule has 0 aliphatic carbocycles. The second-order valence-corrected chi connectivity index (χ2v) is 3.91. The predicted molar refractivity (Wildman–Crippen MR) is 66.0 cm³/mol. The second-order valence-electron chi connectivity index (χ2n) is 3.91. The van der Waals surface area contributed by atoms with E-state index >= 15 is 0 Å². The fraction of sp³-hybridized carbons (Fsp3) is 0.500. The van der Waals surface area contributed by atoms with Crippen molar-refractivity contribution in [1.82, 2.24) is 0 Å². The van der Waals surface area contributed by atoms with Crippen LogP contribution in [-0.2, 0) is 0 Å². The molecule has 1 aliphatic heterocycles. The van der Waals surface area contributed by atoms with Gasteiger partial charge in [0, 0.05) is 30.9 Å². The van der Waals surface area contributed by atoms with Crippen LogP contribution in [-0.4, -0.2) is 40.4 Å². The molecule has 5 nitrogen and oxygen atoms in total. The Labute approximate surface area is 161 Å². The number of anilines is 3. The van der Waals surface area contributed by atoms with Crippen molar-refractivity contribution in [2.75, 3.05) is 29.5 Å². The minimum absolute atomic E-state index is 0. The van der Waals surface area contributed by atoms with Crippen molar-refractivity contribution in [3.8, 4) is 0 Å². The molecule has 1 fully saturated rings. The summed E-state index contributed by atoms with van der Waals surface area (Å²) in [6.07, 6.45) is 3.65. The van der Waals surface area contributed by atoms with Crippen molar-refractivity contribution in [3.05, 3.63) is 17.3 Å². The van der Waals surface area contributed by atoms with Crippen LogP contribution in [0.2, 0.25) is 0 Å². The van der Waals surface area contributed by atoms with Gasteiger partial charge >= 0.3 is 27.3 Å². The molecule has 0 amide bonds. The Morgan fingerprint density at radius 2 is 1.44 bits per heavy atom. The summed E-state index contributed by atoms with van der Waals surface area (Å²) in [5, 5.41) is 11.3. The molecule has 0 unspecified atom stereocenters. The van der Waals surface area contributed by atoms with E-state index in [4.69, 9.17) is 11.5 Å². The van der Waals surface area contributed by atoms with Gasteiger partial charge in [0.15, 0.2) is 0 Å². The quantitative estimate of drug-likeness (QED) is 0.135. The summed E-state index contributed by atoms with van der Waals surface area (Å²) < 4.78 is 0.549. The maximum absolute atomic E-state index is 11.3. The van der Waals surface area contributed by atoms with Crippen molar-refractivity contribution in [2.24, 2.45) is 0 Å². The molecule has 1 aromatic heterocycles. The average molecular weight is 669 g/mol. The number of nitrogens with two attached hydrogens (primary N) is 2. The van der Waals surface area contributed by atoms with Crippen LogP contribution >= 0.6 is 0 Å². The van der Waals surface area contributed by atoms with E-state index < -0.39 is 0 Å². The monoisotopic (exact) mass is 670 g/mol. The first-order valence-corrected chi connectivity index (χ1v) is 5.22. The van der Waals surface area contributed by atoms with Crippen molar-refractivity contribution < 1.29 is 52.7 Å². The minimum atomic E-state index is 0. The summed E-state index contributed by atoms with van der Waals surface area (Å²) in [5.41, 5.74) is 12.1. The summed E-state index contributed by atoms with van der Waals surface area (Å²) in [4.78, 5) is 2.22. The molecule has 18 heavy (non-hydrogen) atoms. The number of rotatable bonds is 1. The molecular formula is C10H16I2N4OPb. The number of pyridine rings is 1. The topological polar surface area (TPSA) is 82.2 Å². The predicted octanol–water partition coefficient (Wildman–Crippen LogP) is -5.90. The Hall–Kier alpha value is 0.732. The molecule has 1 saturated heterocycles. The van der Waals surface area contributed by atoms with Crippen LogP contribution in [0.1, 0.15) is 19.3 Å². The maximum Gasteiger partial charge on any atom is 2.00 e. The number of hydrogen-bond acceptors (Lipinski definition) is 4. The van der Waals surface area contributed by atoms with Crippen LogP contribution in [0, 0.1) is 5.21 Å². The van der Waals surface area contributed by atoms with Crippen LogP contribution in [0.4, 0.5) is 17.3 Å². The summed E-state index contributed by atoms with van der Waals surface area (Å²) in [6, 6.07) is 3.38. The van der Waals surface area contributed by atoms with Crippen molar-refractivity contribution >= 4 is 44.6 Å². The van der Waals surface area contributed by atoms with Crippen molar-refractivity contribution in [2.45, 2.75) is 19.3 Å². The number of nitrogen functional groups attached to an aromatic ring is 2. The van der Waals surface area contributed by atoms with Gasteiger partial charge in [-0.1, -0.05) is 0 Å². The number of piperidine rings is 1. The van der Waals surface area contributed by atoms with Gasteiger partial charge in [-0.3, -0.25) is 0 Å². The molecule has 0 spiro atoms. The van der Waals surface area contributed by atoms with Crippen LogP contribution in [0.5, 0.6) is 0 Å². The fourth-order valence-electron chi connectivity index (χ4n) is 1.95. The Kier molecular flexibility index (Phi) is 11.2. The summed E-state index contributed by atoms with van der Waals surface area (Å²) in [5.74, 6) is 0.325. The van der Waals surface area contributed by atoms with E-state index in [9.17, 15) is 5.21 Å². The third-order valence-electron chi connectivity index (χ3n) is 2.78. The van der Waals surface area contributed by atoms with E-state index in [2.05, 4.69) is 4.90 Å². The van der Waals surface area contributed by atoms with Crippen molar-refractivity contribution in [1.29, 1.82) is 0 Å². The molecule has 4 N–H and O–H groups in total. The van der Waals surface area contributed by atoms with E-state index in [0.717, 1.165) is 18.8 Å². The van der Waals surface area contributed by atoms with E-state index in [1.165, 1.54) is 19.3 Å². The smallest absolute Gasteiger partial charge is 1.00 e. The molecule has 8 heteroatoms. The Morgan fingerprint density at radius 1 is 1.00 bits per heavy atom. The first kappa shape index (κ1) is 21.0. The molecular weight excluding hydrogens is 653 g/mol. The third-order valence-corrected chi connectivity index (χ3v) is 2.78. The number of aromatic nitrogens is 1. The maximum atomic E-state index is 11.3. The third kappa shape index (κ3) is 5.02. The number of hydrogen-bond donors (Lipinski definition) is 2. The van der Waals surface area contributed by atoms with Crippen molar-refractivity contribution in [3.63, 3.8) is 0 Å². The van der Waals surface area contributed by atoms with Crippen LogP contribution < -0.4 is 69.1 Å². The second kappa shape index (κ2) is 9.61. The SMILES string of the molecule is Nc1cc(N2CCCCC2)cc(N)[n+]1[O-].[I-].[I-].[Pb+2]. The Bertz CT molecular complexity index is 352. The summed E-state index contributed by atoms with van der Waals surface area (Å²) in [7, 11) is 0. The molecule has 2 heterocycles. The molecule has 0 atom stereocenters.